The lowest BCUT2D eigenvalue weighted by Gasteiger charge is -2.24. The second kappa shape index (κ2) is 6.32. The first kappa shape index (κ1) is 17.7. The van der Waals surface area contributed by atoms with Crippen molar-refractivity contribution in [3.8, 4) is 11.4 Å². The van der Waals surface area contributed by atoms with Crippen LogP contribution in [0.15, 0.2) is 40.5 Å². The molecule has 1 aromatic carbocycles. The molecule has 6 N–H and O–H groups in total. The monoisotopic (exact) mass is 409 g/mol. The normalized spacial score (nSPS) is 18.2. The van der Waals surface area contributed by atoms with Crippen molar-refractivity contribution < 1.29 is 0 Å². The van der Waals surface area contributed by atoms with Gasteiger partial charge in [0, 0.05) is 5.56 Å². The standard InChI is InChI=1S/C17H19N11S/c1-3-29-14-11(13-20-9(2)23-27(13)25-14)22-17(19)15(18)26-28-16(17)21-12(24-28)10-7-5-4-6-8-10/h4-8,22,25H,3,19H2,1-2H3,(H2,18,26). The second-order valence-electron chi connectivity index (χ2n) is 6.58. The lowest BCUT2D eigenvalue weighted by atomic mass is 10.1. The third-order valence-electron chi connectivity index (χ3n) is 4.56. The fraction of sp³-hybridized carbons (Fsp3) is 0.235. The van der Waals surface area contributed by atoms with Crippen LogP contribution in [0.5, 0.6) is 0 Å². The Morgan fingerprint density at radius 2 is 2.00 bits per heavy atom. The highest BCUT2D eigenvalue weighted by Crippen LogP contribution is 2.34. The van der Waals surface area contributed by atoms with E-state index < -0.39 is 5.66 Å². The molecule has 11 nitrogen and oxygen atoms in total. The zero-order valence-electron chi connectivity index (χ0n) is 15.8. The molecule has 12 heteroatoms. The first-order valence-electron chi connectivity index (χ1n) is 9.02. The van der Waals surface area contributed by atoms with Gasteiger partial charge in [-0.15, -0.1) is 31.9 Å². The second-order valence-corrected chi connectivity index (χ2v) is 7.85. The topological polar surface area (TPSA) is 153 Å². The fourth-order valence-corrected chi connectivity index (χ4v) is 3.94. The van der Waals surface area contributed by atoms with Crippen molar-refractivity contribution in [1.82, 2.24) is 34.7 Å². The maximum atomic E-state index is 6.69. The molecule has 4 heterocycles. The number of benzene rings is 1. The van der Waals surface area contributed by atoms with Gasteiger partial charge >= 0.3 is 0 Å². The molecule has 1 unspecified atom stereocenters. The van der Waals surface area contributed by atoms with Crippen molar-refractivity contribution in [2.24, 2.45) is 16.6 Å². The Kier molecular flexibility index (Phi) is 3.86. The number of H-pyrrole nitrogens is 1. The molecule has 5 rings (SSSR count). The minimum atomic E-state index is -1.34. The summed E-state index contributed by atoms with van der Waals surface area (Å²) in [6.07, 6.45) is 0. The van der Waals surface area contributed by atoms with Crippen LogP contribution in [0.4, 0.5) is 5.69 Å². The highest BCUT2D eigenvalue weighted by Gasteiger charge is 2.44. The zero-order valence-corrected chi connectivity index (χ0v) is 16.6. The number of hydrogen-bond donors (Lipinski definition) is 4. The molecule has 0 radical (unpaired) electrons. The predicted octanol–water partition coefficient (Wildman–Crippen LogP) is 1.09. The van der Waals surface area contributed by atoms with Crippen LogP contribution in [0.1, 0.15) is 18.6 Å². The third-order valence-corrected chi connectivity index (χ3v) is 5.44. The van der Waals surface area contributed by atoms with Crippen LogP contribution in [0.25, 0.3) is 17.0 Å². The Labute approximate surface area is 169 Å². The van der Waals surface area contributed by atoms with Crippen LogP contribution in [0.2, 0.25) is 0 Å². The molecule has 1 atom stereocenters. The van der Waals surface area contributed by atoms with Gasteiger partial charge < -0.3 is 11.1 Å². The molecule has 0 amide bonds. The van der Waals surface area contributed by atoms with Crippen LogP contribution in [0.3, 0.4) is 0 Å². The number of nitrogens with zero attached hydrogens (tertiary/aromatic N) is 7. The Morgan fingerprint density at radius 1 is 1.21 bits per heavy atom. The molecule has 1 aliphatic rings. The van der Waals surface area contributed by atoms with Crippen LogP contribution < -0.4 is 16.8 Å². The number of aryl methyl sites for hydroxylation is 1. The molecule has 0 saturated heterocycles. The van der Waals surface area contributed by atoms with Crippen LogP contribution in [-0.4, -0.2) is 46.3 Å². The van der Waals surface area contributed by atoms with E-state index in [-0.39, 0.29) is 5.84 Å². The van der Waals surface area contributed by atoms with Crippen molar-refractivity contribution >= 4 is 28.9 Å². The molecular weight excluding hydrogens is 390 g/mol. The van der Waals surface area contributed by atoms with Crippen molar-refractivity contribution in [3.63, 3.8) is 0 Å². The minimum Gasteiger partial charge on any atom is -0.382 e. The van der Waals surface area contributed by atoms with E-state index >= 15 is 0 Å². The number of aromatic amines is 1. The summed E-state index contributed by atoms with van der Waals surface area (Å²) in [6.45, 7) is 3.88. The SMILES string of the molecule is CCSc1[nH]n2nc(C)nc2c1NC1(N)C(N)=Nn2nc(-c3ccccc3)nc21. The van der Waals surface area contributed by atoms with Gasteiger partial charge in [0.1, 0.15) is 16.5 Å². The van der Waals surface area contributed by atoms with Crippen molar-refractivity contribution in [3.05, 3.63) is 42.0 Å². The molecule has 0 aliphatic carbocycles. The Balaban J connectivity index is 1.60. The summed E-state index contributed by atoms with van der Waals surface area (Å²) in [6, 6.07) is 9.63. The van der Waals surface area contributed by atoms with Crippen molar-refractivity contribution in [2.75, 3.05) is 11.1 Å². The molecule has 0 fully saturated rings. The Bertz CT molecular complexity index is 1240. The number of hydrogen-bond acceptors (Lipinski definition) is 9. The largest absolute Gasteiger partial charge is 0.382 e. The average Bonchev–Trinajstić information content (AvgIpc) is 3.41. The smallest absolute Gasteiger partial charge is 0.210 e. The average molecular weight is 409 g/mol. The first-order valence-corrected chi connectivity index (χ1v) is 10.0. The summed E-state index contributed by atoms with van der Waals surface area (Å²) >= 11 is 1.61. The Hall–Kier alpha value is -3.38. The summed E-state index contributed by atoms with van der Waals surface area (Å²) in [4.78, 5) is 10.5. The molecule has 148 valence electrons. The molecule has 0 bridgehead atoms. The highest BCUT2D eigenvalue weighted by atomic mass is 32.2. The van der Waals surface area contributed by atoms with E-state index in [1.165, 1.54) is 4.79 Å². The van der Waals surface area contributed by atoms with E-state index in [4.69, 9.17) is 11.5 Å². The van der Waals surface area contributed by atoms with Crippen LogP contribution in [0, 0.1) is 6.92 Å². The van der Waals surface area contributed by atoms with E-state index in [0.717, 1.165) is 16.3 Å². The van der Waals surface area contributed by atoms with Gasteiger partial charge in [-0.05, 0) is 12.7 Å². The van der Waals surface area contributed by atoms with Gasteiger partial charge in [0.2, 0.25) is 11.5 Å². The fourth-order valence-electron chi connectivity index (χ4n) is 3.21. The molecule has 0 spiro atoms. The van der Waals surface area contributed by atoms with Crippen molar-refractivity contribution in [1.29, 1.82) is 0 Å². The summed E-state index contributed by atoms with van der Waals surface area (Å²) in [7, 11) is 0. The van der Waals surface area contributed by atoms with Gasteiger partial charge in [-0.1, -0.05) is 37.3 Å². The van der Waals surface area contributed by atoms with E-state index in [0.29, 0.717) is 28.8 Å². The van der Waals surface area contributed by atoms with Gasteiger partial charge in [-0.25, -0.2) is 9.97 Å². The van der Waals surface area contributed by atoms with Gasteiger partial charge in [-0.3, -0.25) is 10.8 Å². The number of anilines is 1. The van der Waals surface area contributed by atoms with E-state index in [2.05, 4.69) is 42.6 Å². The molecule has 29 heavy (non-hydrogen) atoms. The number of rotatable bonds is 5. The van der Waals surface area contributed by atoms with E-state index in [1.54, 1.807) is 16.4 Å². The lowest BCUT2D eigenvalue weighted by Crippen LogP contribution is -2.54. The third kappa shape index (κ3) is 2.68. The summed E-state index contributed by atoms with van der Waals surface area (Å²) < 4.78 is 1.61. The first-order chi connectivity index (χ1) is 14.0. The summed E-state index contributed by atoms with van der Waals surface area (Å²) in [5.74, 6) is 2.58. The minimum absolute atomic E-state index is 0.162. The number of amidine groups is 1. The molecule has 3 aromatic heterocycles. The number of nitrogens with one attached hydrogen (secondary N) is 2. The highest BCUT2D eigenvalue weighted by molar-refractivity contribution is 7.99. The molecule has 1 aliphatic heterocycles. The van der Waals surface area contributed by atoms with Gasteiger partial charge in [0.15, 0.2) is 17.3 Å². The molecule has 0 saturated carbocycles. The maximum absolute atomic E-state index is 6.69. The Morgan fingerprint density at radius 3 is 2.76 bits per heavy atom. The molecule has 4 aromatic rings. The number of fused-ring (bicyclic) bond motifs is 2. The van der Waals surface area contributed by atoms with E-state index in [9.17, 15) is 0 Å². The van der Waals surface area contributed by atoms with Gasteiger partial charge in [0.05, 0.1) is 0 Å². The van der Waals surface area contributed by atoms with Gasteiger partial charge in [0.25, 0.3) is 0 Å². The van der Waals surface area contributed by atoms with Gasteiger partial charge in [-0.2, -0.15) is 4.63 Å². The maximum Gasteiger partial charge on any atom is 0.210 e. The van der Waals surface area contributed by atoms with E-state index in [1.807, 2.05) is 37.3 Å². The predicted molar refractivity (Wildman–Crippen MR) is 110 cm³/mol. The van der Waals surface area contributed by atoms with Crippen molar-refractivity contribution in [2.45, 2.75) is 24.5 Å². The number of thioether (sulfide) groups is 1. The quantitative estimate of drug-likeness (QED) is 0.282. The number of nitrogens with two attached hydrogens (primary N) is 2. The molecular formula is C17H19N11S. The van der Waals surface area contributed by atoms with Crippen LogP contribution in [-0.2, 0) is 5.66 Å². The summed E-state index contributed by atoms with van der Waals surface area (Å²) in [5, 5.41) is 20.4. The lowest BCUT2D eigenvalue weighted by molar-refractivity contribution is 0.620. The summed E-state index contributed by atoms with van der Waals surface area (Å²) in [5.41, 5.74) is 13.7. The van der Waals surface area contributed by atoms with Crippen LogP contribution >= 0.6 is 11.8 Å². The zero-order chi connectivity index (χ0) is 20.2. The number of aromatic nitrogens is 7.